The fourth-order valence-corrected chi connectivity index (χ4v) is 2.86. The van der Waals surface area contributed by atoms with E-state index in [1.165, 1.54) is 0 Å². The molecule has 2 bridgehead atoms. The number of ether oxygens (including phenoxy) is 1. The Morgan fingerprint density at radius 2 is 1.94 bits per heavy atom. The van der Waals surface area contributed by atoms with Crippen LogP contribution in [0.15, 0.2) is 0 Å². The minimum absolute atomic E-state index is 0.190. The normalized spacial score (nSPS) is 28.6. The minimum Gasteiger partial charge on any atom is -0.444 e. The average Bonchev–Trinajstić information content (AvgIpc) is 2.28. The molecule has 2 unspecified atom stereocenters. The Labute approximate surface area is 109 Å². The summed E-state index contributed by atoms with van der Waals surface area (Å²) in [6.45, 7) is 8.19. The number of hydrogen-bond donors (Lipinski definition) is 1. The van der Waals surface area contributed by atoms with Crippen molar-refractivity contribution in [3.05, 3.63) is 0 Å². The van der Waals surface area contributed by atoms with Gasteiger partial charge < -0.3 is 14.7 Å². The second-order valence-electron chi connectivity index (χ2n) is 6.24. The number of amides is 1. The molecule has 1 N–H and O–H groups in total. The molecule has 0 spiro atoms. The van der Waals surface area contributed by atoms with Gasteiger partial charge in [0.25, 0.3) is 0 Å². The number of piperidine rings is 2. The van der Waals surface area contributed by atoms with E-state index >= 15 is 0 Å². The highest BCUT2D eigenvalue weighted by molar-refractivity contribution is 5.69. The fraction of sp³-hybridized carbons (Fsp3) is 0.923. The smallest absolute Gasteiger partial charge is 0.410 e. The Morgan fingerprint density at radius 1 is 1.28 bits per heavy atom. The van der Waals surface area contributed by atoms with Crippen LogP contribution in [0, 0.1) is 0 Å². The van der Waals surface area contributed by atoms with Crippen LogP contribution in [-0.4, -0.2) is 64.9 Å². The van der Waals surface area contributed by atoms with Crippen LogP contribution in [0.4, 0.5) is 4.79 Å². The maximum absolute atomic E-state index is 12.1. The van der Waals surface area contributed by atoms with Crippen molar-refractivity contribution >= 4 is 6.09 Å². The van der Waals surface area contributed by atoms with E-state index in [1.807, 2.05) is 25.7 Å². The molecule has 2 atom stereocenters. The molecule has 3 saturated heterocycles. The zero-order valence-corrected chi connectivity index (χ0v) is 11.6. The van der Waals surface area contributed by atoms with Crippen molar-refractivity contribution in [2.24, 2.45) is 0 Å². The fourth-order valence-electron chi connectivity index (χ4n) is 2.86. The molecular formula is C13H24N2O3. The first-order valence-corrected chi connectivity index (χ1v) is 6.75. The summed E-state index contributed by atoms with van der Waals surface area (Å²) in [5.41, 5.74) is -0.432. The third-order valence-electron chi connectivity index (χ3n) is 3.66. The van der Waals surface area contributed by atoms with Gasteiger partial charge in [-0.05, 0) is 33.6 Å². The SMILES string of the molecule is CC(C)(C)OC(=O)N1CC2CCC1CN2CCO. The Hall–Kier alpha value is -0.810. The molecule has 0 aliphatic carbocycles. The molecule has 3 fully saturated rings. The Balaban J connectivity index is 1.96. The monoisotopic (exact) mass is 256 g/mol. The van der Waals surface area contributed by atoms with Crippen molar-refractivity contribution in [2.45, 2.75) is 51.3 Å². The third-order valence-corrected chi connectivity index (χ3v) is 3.66. The highest BCUT2D eigenvalue weighted by atomic mass is 16.6. The summed E-state index contributed by atoms with van der Waals surface area (Å²) in [5.74, 6) is 0. The van der Waals surface area contributed by atoms with Gasteiger partial charge in [0.15, 0.2) is 0 Å². The molecule has 5 nitrogen and oxygen atoms in total. The van der Waals surface area contributed by atoms with Gasteiger partial charge in [0.05, 0.1) is 6.61 Å². The van der Waals surface area contributed by atoms with Crippen LogP contribution in [0.2, 0.25) is 0 Å². The number of piperazine rings is 1. The molecule has 3 aliphatic heterocycles. The summed E-state index contributed by atoms with van der Waals surface area (Å²) in [5, 5.41) is 9.03. The van der Waals surface area contributed by atoms with Crippen molar-refractivity contribution in [1.29, 1.82) is 0 Å². The maximum Gasteiger partial charge on any atom is 0.410 e. The van der Waals surface area contributed by atoms with E-state index in [0.29, 0.717) is 12.6 Å². The second kappa shape index (κ2) is 5.05. The number of carbonyl (C=O) groups excluding carboxylic acids is 1. The summed E-state index contributed by atoms with van der Waals surface area (Å²) in [7, 11) is 0. The molecule has 0 saturated carbocycles. The van der Waals surface area contributed by atoms with E-state index in [0.717, 1.165) is 25.9 Å². The zero-order valence-electron chi connectivity index (χ0n) is 11.6. The molecule has 3 rings (SSSR count). The topological polar surface area (TPSA) is 53.0 Å². The van der Waals surface area contributed by atoms with Crippen LogP contribution in [0.1, 0.15) is 33.6 Å². The molecule has 0 aromatic carbocycles. The molecule has 3 heterocycles. The van der Waals surface area contributed by atoms with Gasteiger partial charge in [-0.1, -0.05) is 0 Å². The van der Waals surface area contributed by atoms with Crippen LogP contribution in [0.5, 0.6) is 0 Å². The lowest BCUT2D eigenvalue weighted by Crippen LogP contribution is -2.64. The van der Waals surface area contributed by atoms with E-state index in [-0.39, 0.29) is 18.7 Å². The Bertz CT molecular complexity index is 314. The molecular weight excluding hydrogens is 232 g/mol. The van der Waals surface area contributed by atoms with Gasteiger partial charge in [0, 0.05) is 31.7 Å². The third kappa shape index (κ3) is 2.95. The highest BCUT2D eigenvalue weighted by Crippen LogP contribution is 2.29. The summed E-state index contributed by atoms with van der Waals surface area (Å²) in [6, 6.07) is 0.631. The number of aliphatic hydroxyl groups is 1. The second-order valence-corrected chi connectivity index (χ2v) is 6.24. The Kier molecular flexibility index (Phi) is 3.82. The highest BCUT2D eigenvalue weighted by Gasteiger charge is 2.41. The van der Waals surface area contributed by atoms with E-state index in [4.69, 9.17) is 9.84 Å². The molecule has 1 amide bonds. The van der Waals surface area contributed by atoms with E-state index < -0.39 is 5.60 Å². The predicted octanol–water partition coefficient (Wildman–Crippen LogP) is 1.06. The average molecular weight is 256 g/mol. The number of aliphatic hydroxyl groups excluding tert-OH is 1. The van der Waals surface area contributed by atoms with Crippen LogP contribution in [-0.2, 0) is 4.74 Å². The summed E-state index contributed by atoms with van der Waals surface area (Å²) in [6.07, 6.45) is 1.97. The number of nitrogens with zero attached hydrogens (tertiary/aromatic N) is 2. The van der Waals surface area contributed by atoms with E-state index in [2.05, 4.69) is 4.90 Å². The first-order valence-electron chi connectivity index (χ1n) is 6.75. The van der Waals surface area contributed by atoms with Gasteiger partial charge in [0.1, 0.15) is 5.60 Å². The lowest BCUT2D eigenvalue weighted by atomic mass is 9.91. The van der Waals surface area contributed by atoms with Crippen LogP contribution in [0.3, 0.4) is 0 Å². The number of rotatable bonds is 2. The van der Waals surface area contributed by atoms with Crippen molar-refractivity contribution in [2.75, 3.05) is 26.2 Å². The molecule has 18 heavy (non-hydrogen) atoms. The summed E-state index contributed by atoms with van der Waals surface area (Å²) in [4.78, 5) is 16.3. The first-order chi connectivity index (χ1) is 8.40. The van der Waals surface area contributed by atoms with Gasteiger partial charge >= 0.3 is 6.09 Å². The van der Waals surface area contributed by atoms with Crippen LogP contribution in [0.25, 0.3) is 0 Å². The lowest BCUT2D eigenvalue weighted by Gasteiger charge is -2.51. The van der Waals surface area contributed by atoms with Gasteiger partial charge in [-0.15, -0.1) is 0 Å². The first kappa shape index (κ1) is 13.6. The number of hydrogen-bond acceptors (Lipinski definition) is 4. The predicted molar refractivity (Wildman–Crippen MR) is 68.4 cm³/mol. The van der Waals surface area contributed by atoms with E-state index in [1.54, 1.807) is 0 Å². The van der Waals surface area contributed by atoms with Crippen LogP contribution >= 0.6 is 0 Å². The number of fused-ring (bicyclic) bond motifs is 3. The van der Waals surface area contributed by atoms with Crippen molar-refractivity contribution in [3.63, 3.8) is 0 Å². The molecule has 5 heteroatoms. The van der Waals surface area contributed by atoms with Gasteiger partial charge in [-0.2, -0.15) is 0 Å². The van der Waals surface area contributed by atoms with Crippen molar-refractivity contribution in [3.8, 4) is 0 Å². The molecule has 104 valence electrons. The number of carbonyl (C=O) groups is 1. The van der Waals surface area contributed by atoms with Crippen LogP contribution < -0.4 is 0 Å². The van der Waals surface area contributed by atoms with Crippen molar-refractivity contribution in [1.82, 2.24) is 9.80 Å². The molecule has 3 aliphatic rings. The largest absolute Gasteiger partial charge is 0.444 e. The Morgan fingerprint density at radius 3 is 2.44 bits per heavy atom. The maximum atomic E-state index is 12.1. The zero-order chi connectivity index (χ0) is 13.3. The van der Waals surface area contributed by atoms with Gasteiger partial charge in [-0.25, -0.2) is 4.79 Å². The summed E-state index contributed by atoms with van der Waals surface area (Å²) >= 11 is 0. The molecule has 0 radical (unpaired) electrons. The van der Waals surface area contributed by atoms with Gasteiger partial charge in [-0.3, -0.25) is 4.90 Å². The van der Waals surface area contributed by atoms with E-state index in [9.17, 15) is 4.79 Å². The van der Waals surface area contributed by atoms with Crippen molar-refractivity contribution < 1.29 is 14.6 Å². The quantitative estimate of drug-likeness (QED) is 0.803. The molecule has 0 aromatic heterocycles. The standard InChI is InChI=1S/C13H24N2O3/c1-13(2,3)18-12(17)15-9-10-4-5-11(15)8-14(10)6-7-16/h10-11,16H,4-9H2,1-3H3. The molecule has 0 aromatic rings. The minimum atomic E-state index is -0.432. The summed E-state index contributed by atoms with van der Waals surface area (Å²) < 4.78 is 5.44. The lowest BCUT2D eigenvalue weighted by molar-refractivity contribution is -0.0441. The van der Waals surface area contributed by atoms with Gasteiger partial charge in [0.2, 0.25) is 0 Å².